The summed E-state index contributed by atoms with van der Waals surface area (Å²) in [5, 5.41) is 6.44. The number of rotatable bonds is 5. The van der Waals surface area contributed by atoms with Crippen LogP contribution in [0.25, 0.3) is 0 Å². The molecule has 2 fully saturated rings. The number of amides is 2. The SMILES string of the molecule is Cl.O=C(NCc1ccccc1)C1CCN(C(=O)CC2CSCCN2)CC1. The number of piperidine rings is 1. The van der Waals surface area contributed by atoms with Crippen molar-refractivity contribution >= 4 is 36.0 Å². The third-order valence-electron chi connectivity index (χ3n) is 4.95. The van der Waals surface area contributed by atoms with Gasteiger partial charge in [-0.15, -0.1) is 12.4 Å². The lowest BCUT2D eigenvalue weighted by Crippen LogP contribution is -2.46. The van der Waals surface area contributed by atoms with Gasteiger partial charge in [-0.1, -0.05) is 30.3 Å². The molecule has 2 heterocycles. The Bertz CT molecular complexity index is 573. The lowest BCUT2D eigenvalue weighted by molar-refractivity contribution is -0.136. The van der Waals surface area contributed by atoms with Crippen LogP contribution in [-0.2, 0) is 16.1 Å². The Morgan fingerprint density at radius 2 is 1.92 bits per heavy atom. The number of halogens is 1. The summed E-state index contributed by atoms with van der Waals surface area (Å²) in [5.74, 6) is 2.51. The minimum absolute atomic E-state index is 0. The summed E-state index contributed by atoms with van der Waals surface area (Å²) in [6, 6.07) is 10.3. The molecule has 0 aromatic heterocycles. The third kappa shape index (κ3) is 6.18. The van der Waals surface area contributed by atoms with E-state index in [-0.39, 0.29) is 30.1 Å². The molecular formula is C19H28ClN3O2S. The van der Waals surface area contributed by atoms with Gasteiger partial charge in [-0.3, -0.25) is 9.59 Å². The molecule has 1 atom stereocenters. The molecule has 144 valence electrons. The molecule has 1 aromatic rings. The van der Waals surface area contributed by atoms with Crippen molar-refractivity contribution in [3.63, 3.8) is 0 Å². The topological polar surface area (TPSA) is 61.4 Å². The summed E-state index contributed by atoms with van der Waals surface area (Å²) in [4.78, 5) is 26.7. The van der Waals surface area contributed by atoms with Crippen LogP contribution in [0.4, 0.5) is 0 Å². The van der Waals surface area contributed by atoms with E-state index in [0.717, 1.165) is 36.5 Å². The lowest BCUT2D eigenvalue weighted by atomic mass is 9.95. The van der Waals surface area contributed by atoms with E-state index >= 15 is 0 Å². The summed E-state index contributed by atoms with van der Waals surface area (Å²) < 4.78 is 0. The summed E-state index contributed by atoms with van der Waals surface area (Å²) in [7, 11) is 0. The Labute approximate surface area is 166 Å². The van der Waals surface area contributed by atoms with E-state index in [9.17, 15) is 9.59 Å². The second-order valence-corrected chi connectivity index (χ2v) is 7.94. The van der Waals surface area contributed by atoms with Gasteiger partial charge < -0.3 is 15.5 Å². The predicted octanol–water partition coefficient (Wildman–Crippen LogP) is 2.06. The number of thioether (sulfide) groups is 1. The van der Waals surface area contributed by atoms with Crippen molar-refractivity contribution in [3.05, 3.63) is 35.9 Å². The average Bonchev–Trinajstić information content (AvgIpc) is 2.68. The molecule has 2 amide bonds. The molecule has 7 heteroatoms. The maximum atomic E-state index is 12.4. The predicted molar refractivity (Wildman–Crippen MR) is 109 cm³/mol. The van der Waals surface area contributed by atoms with Crippen molar-refractivity contribution in [2.75, 3.05) is 31.1 Å². The van der Waals surface area contributed by atoms with E-state index in [2.05, 4.69) is 10.6 Å². The highest BCUT2D eigenvalue weighted by Crippen LogP contribution is 2.19. The monoisotopic (exact) mass is 397 g/mol. The second kappa shape index (κ2) is 10.8. The zero-order valence-electron chi connectivity index (χ0n) is 15.0. The highest BCUT2D eigenvalue weighted by Gasteiger charge is 2.28. The largest absolute Gasteiger partial charge is 0.352 e. The second-order valence-electron chi connectivity index (χ2n) is 6.79. The highest BCUT2D eigenvalue weighted by atomic mass is 35.5. The number of likely N-dealkylation sites (tertiary alicyclic amines) is 1. The zero-order chi connectivity index (χ0) is 17.5. The maximum absolute atomic E-state index is 12.4. The maximum Gasteiger partial charge on any atom is 0.224 e. The van der Waals surface area contributed by atoms with Gasteiger partial charge in [0.25, 0.3) is 0 Å². The third-order valence-corrected chi connectivity index (χ3v) is 6.08. The summed E-state index contributed by atoms with van der Waals surface area (Å²) >= 11 is 1.91. The van der Waals surface area contributed by atoms with Gasteiger partial charge in [0.1, 0.15) is 0 Å². The van der Waals surface area contributed by atoms with Gasteiger partial charge >= 0.3 is 0 Å². The van der Waals surface area contributed by atoms with Crippen LogP contribution in [0, 0.1) is 5.92 Å². The molecule has 0 aliphatic carbocycles. The van der Waals surface area contributed by atoms with E-state index in [4.69, 9.17) is 0 Å². The first kappa shape index (κ1) is 21.1. The van der Waals surface area contributed by atoms with Gasteiger partial charge in [0.15, 0.2) is 0 Å². The first-order valence-corrected chi connectivity index (χ1v) is 10.3. The smallest absolute Gasteiger partial charge is 0.224 e. The number of hydrogen-bond donors (Lipinski definition) is 2. The molecule has 2 N–H and O–H groups in total. The molecule has 0 bridgehead atoms. The van der Waals surface area contributed by atoms with Crippen molar-refractivity contribution in [1.82, 2.24) is 15.5 Å². The van der Waals surface area contributed by atoms with Crippen LogP contribution < -0.4 is 10.6 Å². The van der Waals surface area contributed by atoms with Crippen molar-refractivity contribution in [2.24, 2.45) is 5.92 Å². The van der Waals surface area contributed by atoms with Gasteiger partial charge in [-0.2, -0.15) is 11.8 Å². The van der Waals surface area contributed by atoms with Gasteiger partial charge in [0.2, 0.25) is 11.8 Å². The van der Waals surface area contributed by atoms with Crippen LogP contribution >= 0.6 is 24.2 Å². The van der Waals surface area contributed by atoms with E-state index in [0.29, 0.717) is 32.1 Å². The molecule has 1 aromatic carbocycles. The molecule has 26 heavy (non-hydrogen) atoms. The minimum atomic E-state index is 0. The van der Waals surface area contributed by atoms with Crippen LogP contribution in [0.1, 0.15) is 24.8 Å². The van der Waals surface area contributed by atoms with Crippen LogP contribution in [0.5, 0.6) is 0 Å². The van der Waals surface area contributed by atoms with Crippen molar-refractivity contribution < 1.29 is 9.59 Å². The van der Waals surface area contributed by atoms with Crippen molar-refractivity contribution in [3.8, 4) is 0 Å². The number of nitrogens with zero attached hydrogens (tertiary/aromatic N) is 1. The fraction of sp³-hybridized carbons (Fsp3) is 0.579. The Hall–Kier alpha value is -1.24. The number of nitrogens with one attached hydrogen (secondary N) is 2. The fourth-order valence-electron chi connectivity index (χ4n) is 3.41. The highest BCUT2D eigenvalue weighted by molar-refractivity contribution is 7.99. The van der Waals surface area contributed by atoms with E-state index in [1.165, 1.54) is 0 Å². The molecule has 5 nitrogen and oxygen atoms in total. The summed E-state index contributed by atoms with van der Waals surface area (Å²) in [6.45, 7) is 2.96. The van der Waals surface area contributed by atoms with Crippen molar-refractivity contribution in [2.45, 2.75) is 31.8 Å². The van der Waals surface area contributed by atoms with Crippen molar-refractivity contribution in [1.29, 1.82) is 0 Å². The molecule has 1 unspecified atom stereocenters. The standard InChI is InChI=1S/C19H27N3O2S.ClH/c23-18(12-17-14-25-11-8-20-17)22-9-6-16(7-10-22)19(24)21-13-15-4-2-1-3-5-15;/h1-5,16-17,20H,6-14H2,(H,21,24);1H. The number of carbonyl (C=O) groups is 2. The Morgan fingerprint density at radius 1 is 1.19 bits per heavy atom. The number of carbonyl (C=O) groups excluding carboxylic acids is 2. The quantitative estimate of drug-likeness (QED) is 0.798. The van der Waals surface area contributed by atoms with Crippen LogP contribution in [0.15, 0.2) is 30.3 Å². The lowest BCUT2D eigenvalue weighted by Gasteiger charge is -2.33. The van der Waals surface area contributed by atoms with Crippen LogP contribution in [0.3, 0.4) is 0 Å². The van der Waals surface area contributed by atoms with Gasteiger partial charge in [-0.05, 0) is 18.4 Å². The average molecular weight is 398 g/mol. The Kier molecular flexibility index (Phi) is 8.75. The molecule has 0 radical (unpaired) electrons. The normalized spacial score (nSPS) is 20.9. The Morgan fingerprint density at radius 3 is 2.58 bits per heavy atom. The molecule has 0 spiro atoms. The minimum Gasteiger partial charge on any atom is -0.352 e. The Balaban J connectivity index is 0.00000243. The summed E-state index contributed by atoms with van der Waals surface area (Å²) in [6.07, 6.45) is 2.11. The van der Waals surface area contributed by atoms with Gasteiger partial charge in [0.05, 0.1) is 0 Å². The van der Waals surface area contributed by atoms with E-state index in [1.807, 2.05) is 47.0 Å². The first-order chi connectivity index (χ1) is 12.2. The van der Waals surface area contributed by atoms with Gasteiger partial charge in [-0.25, -0.2) is 0 Å². The van der Waals surface area contributed by atoms with Gasteiger partial charge in [0, 0.05) is 56.1 Å². The number of hydrogen-bond acceptors (Lipinski definition) is 4. The zero-order valence-corrected chi connectivity index (χ0v) is 16.6. The molecule has 0 saturated carbocycles. The molecule has 3 rings (SSSR count). The first-order valence-electron chi connectivity index (χ1n) is 9.13. The summed E-state index contributed by atoms with van der Waals surface area (Å²) in [5.41, 5.74) is 1.11. The molecule has 2 aliphatic heterocycles. The number of benzene rings is 1. The van der Waals surface area contributed by atoms with E-state index < -0.39 is 0 Å². The van der Waals surface area contributed by atoms with E-state index in [1.54, 1.807) is 0 Å². The fourth-order valence-corrected chi connectivity index (χ4v) is 4.36. The van der Waals surface area contributed by atoms with Crippen LogP contribution in [-0.4, -0.2) is 53.9 Å². The molecule has 2 aliphatic rings. The molecular weight excluding hydrogens is 370 g/mol. The van der Waals surface area contributed by atoms with Crippen LogP contribution in [0.2, 0.25) is 0 Å². The molecule has 2 saturated heterocycles.